The molecule has 2 aromatic heterocycles. The van der Waals surface area contributed by atoms with Crippen LogP contribution in [0.2, 0.25) is 5.15 Å². The number of anilines is 1. The van der Waals surface area contributed by atoms with Crippen molar-refractivity contribution in [1.29, 1.82) is 0 Å². The number of rotatable bonds is 3. The van der Waals surface area contributed by atoms with Crippen molar-refractivity contribution >= 4 is 28.6 Å². The van der Waals surface area contributed by atoms with Crippen LogP contribution in [0.25, 0.3) is 0 Å². The summed E-state index contributed by atoms with van der Waals surface area (Å²) >= 11 is 8.11. The zero-order chi connectivity index (χ0) is 14.1. The van der Waals surface area contributed by atoms with Crippen LogP contribution in [-0.2, 0) is 12.8 Å². The third-order valence-corrected chi connectivity index (χ3v) is 5.51. The molecular formula is C16H19ClN2S. The first-order valence-corrected chi connectivity index (χ1v) is 8.33. The van der Waals surface area contributed by atoms with E-state index in [1.165, 1.54) is 30.6 Å². The molecule has 2 aromatic rings. The van der Waals surface area contributed by atoms with Crippen molar-refractivity contribution in [2.45, 2.75) is 45.6 Å². The van der Waals surface area contributed by atoms with Gasteiger partial charge in [-0.3, -0.25) is 0 Å². The molecule has 1 unspecified atom stereocenters. The first-order valence-electron chi connectivity index (χ1n) is 7.13. The SMILES string of the molecule is Cc1cnc(Cl)c(NC(C)c2cc3c(s2)CCCC3)c1. The van der Waals surface area contributed by atoms with Gasteiger partial charge in [-0.15, -0.1) is 11.3 Å². The quantitative estimate of drug-likeness (QED) is 0.793. The number of halogens is 1. The highest BCUT2D eigenvalue weighted by molar-refractivity contribution is 7.12. The second-order valence-corrected chi connectivity index (χ2v) is 7.05. The highest BCUT2D eigenvalue weighted by atomic mass is 35.5. The number of aromatic nitrogens is 1. The summed E-state index contributed by atoms with van der Waals surface area (Å²) in [5.74, 6) is 0. The summed E-state index contributed by atoms with van der Waals surface area (Å²) in [5.41, 5.74) is 3.60. The second kappa shape index (κ2) is 5.74. The normalized spacial score (nSPS) is 15.8. The number of nitrogens with one attached hydrogen (secondary N) is 1. The van der Waals surface area contributed by atoms with Gasteiger partial charge in [0.15, 0.2) is 5.15 Å². The van der Waals surface area contributed by atoms with Gasteiger partial charge in [-0.2, -0.15) is 0 Å². The lowest BCUT2D eigenvalue weighted by atomic mass is 9.99. The largest absolute Gasteiger partial charge is 0.375 e. The molecule has 0 amide bonds. The third kappa shape index (κ3) is 2.84. The molecule has 0 radical (unpaired) electrons. The van der Waals surface area contributed by atoms with Crippen LogP contribution in [0.5, 0.6) is 0 Å². The molecule has 20 heavy (non-hydrogen) atoms. The van der Waals surface area contributed by atoms with Gasteiger partial charge in [0.05, 0.1) is 11.7 Å². The topological polar surface area (TPSA) is 24.9 Å². The van der Waals surface area contributed by atoms with Crippen LogP contribution in [0.3, 0.4) is 0 Å². The number of hydrogen-bond donors (Lipinski definition) is 1. The Morgan fingerprint density at radius 1 is 1.30 bits per heavy atom. The Kier molecular flexibility index (Phi) is 3.99. The fourth-order valence-electron chi connectivity index (χ4n) is 2.69. The standard InChI is InChI=1S/C16H19ClN2S/c1-10-7-13(16(17)18-9-10)19-11(2)15-8-12-5-3-4-6-14(12)20-15/h7-9,11,19H,3-6H2,1-2H3. The van der Waals surface area contributed by atoms with Crippen molar-refractivity contribution in [3.8, 4) is 0 Å². The molecule has 0 bridgehead atoms. The summed E-state index contributed by atoms with van der Waals surface area (Å²) in [5, 5.41) is 4.04. The minimum Gasteiger partial charge on any atom is -0.375 e. The van der Waals surface area contributed by atoms with Crippen molar-refractivity contribution in [1.82, 2.24) is 4.98 Å². The van der Waals surface area contributed by atoms with E-state index in [1.54, 1.807) is 16.6 Å². The fraction of sp³-hybridized carbons (Fsp3) is 0.438. The second-order valence-electron chi connectivity index (χ2n) is 5.52. The number of pyridine rings is 1. The Morgan fingerprint density at radius 3 is 2.90 bits per heavy atom. The number of thiophene rings is 1. The van der Waals surface area contributed by atoms with Gasteiger partial charge in [-0.05, 0) is 62.8 Å². The lowest BCUT2D eigenvalue weighted by molar-refractivity contribution is 0.696. The van der Waals surface area contributed by atoms with Gasteiger partial charge >= 0.3 is 0 Å². The molecule has 0 fully saturated rings. The van der Waals surface area contributed by atoms with Crippen LogP contribution in [0.1, 0.15) is 46.7 Å². The van der Waals surface area contributed by atoms with E-state index >= 15 is 0 Å². The van der Waals surface area contributed by atoms with E-state index < -0.39 is 0 Å². The highest BCUT2D eigenvalue weighted by Crippen LogP contribution is 2.34. The zero-order valence-electron chi connectivity index (χ0n) is 11.9. The summed E-state index contributed by atoms with van der Waals surface area (Å²) in [4.78, 5) is 7.17. The molecule has 0 aliphatic heterocycles. The van der Waals surface area contributed by atoms with Crippen molar-refractivity contribution in [3.63, 3.8) is 0 Å². The van der Waals surface area contributed by atoms with Gasteiger partial charge in [0, 0.05) is 16.0 Å². The van der Waals surface area contributed by atoms with Crippen LogP contribution in [0, 0.1) is 6.92 Å². The van der Waals surface area contributed by atoms with Gasteiger partial charge in [-0.1, -0.05) is 11.6 Å². The molecule has 2 heterocycles. The van der Waals surface area contributed by atoms with Crippen LogP contribution in [-0.4, -0.2) is 4.98 Å². The molecule has 1 atom stereocenters. The van der Waals surface area contributed by atoms with Crippen molar-refractivity contribution in [2.24, 2.45) is 0 Å². The summed E-state index contributed by atoms with van der Waals surface area (Å²) in [6.45, 7) is 4.22. The molecule has 4 heteroatoms. The van der Waals surface area contributed by atoms with Crippen molar-refractivity contribution in [2.75, 3.05) is 5.32 Å². The van der Waals surface area contributed by atoms with Crippen LogP contribution >= 0.6 is 22.9 Å². The van der Waals surface area contributed by atoms with E-state index in [0.717, 1.165) is 11.3 Å². The van der Waals surface area contributed by atoms with Crippen LogP contribution in [0.4, 0.5) is 5.69 Å². The number of fused-ring (bicyclic) bond motifs is 1. The monoisotopic (exact) mass is 306 g/mol. The lowest BCUT2D eigenvalue weighted by Gasteiger charge is -2.15. The van der Waals surface area contributed by atoms with Gasteiger partial charge < -0.3 is 5.32 Å². The smallest absolute Gasteiger partial charge is 0.152 e. The maximum atomic E-state index is 6.16. The van der Waals surface area contributed by atoms with Gasteiger partial charge in [0.1, 0.15) is 0 Å². The lowest BCUT2D eigenvalue weighted by Crippen LogP contribution is -2.06. The minimum atomic E-state index is 0.270. The number of aryl methyl sites for hydroxylation is 3. The predicted molar refractivity (Wildman–Crippen MR) is 87.0 cm³/mol. The average Bonchev–Trinajstić information content (AvgIpc) is 2.87. The molecule has 0 spiro atoms. The summed E-state index contributed by atoms with van der Waals surface area (Å²) in [7, 11) is 0. The predicted octanol–water partition coefficient (Wildman–Crippen LogP) is 5.16. The Hall–Kier alpha value is -1.06. The van der Waals surface area contributed by atoms with E-state index in [9.17, 15) is 0 Å². The summed E-state index contributed by atoms with van der Waals surface area (Å²) < 4.78 is 0. The Labute approximate surface area is 129 Å². The van der Waals surface area contributed by atoms with Crippen LogP contribution in [0.15, 0.2) is 18.3 Å². The zero-order valence-corrected chi connectivity index (χ0v) is 13.4. The maximum absolute atomic E-state index is 6.16. The molecule has 1 aliphatic carbocycles. The van der Waals surface area contributed by atoms with E-state index in [-0.39, 0.29) is 6.04 Å². The van der Waals surface area contributed by atoms with Crippen molar-refractivity contribution < 1.29 is 0 Å². The maximum Gasteiger partial charge on any atom is 0.152 e. The van der Waals surface area contributed by atoms with Gasteiger partial charge in [0.2, 0.25) is 0 Å². The van der Waals surface area contributed by atoms with Gasteiger partial charge in [0.25, 0.3) is 0 Å². The Balaban J connectivity index is 1.80. The summed E-state index contributed by atoms with van der Waals surface area (Å²) in [6.07, 6.45) is 6.95. The van der Waals surface area contributed by atoms with Crippen LogP contribution < -0.4 is 5.32 Å². The van der Waals surface area contributed by atoms with E-state index in [1.807, 2.05) is 18.3 Å². The highest BCUT2D eigenvalue weighted by Gasteiger charge is 2.17. The minimum absolute atomic E-state index is 0.270. The molecule has 106 valence electrons. The summed E-state index contributed by atoms with van der Waals surface area (Å²) in [6, 6.07) is 4.69. The van der Waals surface area contributed by atoms with E-state index in [0.29, 0.717) is 5.15 Å². The molecule has 0 saturated heterocycles. The first-order chi connectivity index (χ1) is 9.63. The molecular weight excluding hydrogens is 288 g/mol. The van der Waals surface area contributed by atoms with E-state index in [4.69, 9.17) is 11.6 Å². The van der Waals surface area contributed by atoms with Gasteiger partial charge in [-0.25, -0.2) is 4.98 Å². The first kappa shape index (κ1) is 13.9. The van der Waals surface area contributed by atoms with Crippen molar-refractivity contribution in [3.05, 3.63) is 44.4 Å². The molecule has 1 N–H and O–H groups in total. The van der Waals surface area contributed by atoms with E-state index in [2.05, 4.69) is 29.4 Å². The molecule has 0 saturated carbocycles. The Bertz CT molecular complexity index is 597. The Morgan fingerprint density at radius 2 is 2.10 bits per heavy atom. The third-order valence-electron chi connectivity index (χ3n) is 3.79. The molecule has 1 aliphatic rings. The average molecular weight is 307 g/mol. The fourth-order valence-corrected chi connectivity index (χ4v) is 4.10. The molecule has 3 rings (SSSR count). The molecule has 0 aromatic carbocycles. The number of nitrogens with zero attached hydrogens (tertiary/aromatic N) is 1. The number of hydrogen-bond acceptors (Lipinski definition) is 3. The molecule has 2 nitrogen and oxygen atoms in total.